The number of phenolic OH excluding ortho intramolecular Hbond substituents is 1. The van der Waals surface area contributed by atoms with E-state index in [0.29, 0.717) is 5.56 Å². The Morgan fingerprint density at radius 1 is 1.46 bits per heavy atom. The number of carboxylic acid groups (broad SMARTS) is 1. The van der Waals surface area contributed by atoms with E-state index >= 15 is 0 Å². The predicted molar refractivity (Wildman–Crippen MR) is 47.7 cm³/mol. The van der Waals surface area contributed by atoms with E-state index in [0.717, 1.165) is 0 Å². The van der Waals surface area contributed by atoms with E-state index in [9.17, 15) is 9.90 Å². The van der Waals surface area contributed by atoms with Gasteiger partial charge < -0.3 is 15.5 Å². The molecule has 3 N–H and O–H groups in total. The van der Waals surface area contributed by atoms with Crippen LogP contribution in [0.1, 0.15) is 18.5 Å². The fraction of sp³-hybridized carbons (Fsp3) is 0.222. The SMILES string of the molecule is C[C@@H](NC(=O)O)c1ccccc1O. The highest BCUT2D eigenvalue weighted by atomic mass is 16.4. The molecule has 0 saturated heterocycles. The fourth-order valence-electron chi connectivity index (χ4n) is 1.12. The van der Waals surface area contributed by atoms with E-state index in [1.807, 2.05) is 0 Å². The number of hydrogen-bond donors (Lipinski definition) is 3. The summed E-state index contributed by atoms with van der Waals surface area (Å²) in [5.74, 6) is 0.101. The number of rotatable bonds is 2. The lowest BCUT2D eigenvalue weighted by Gasteiger charge is -2.12. The minimum Gasteiger partial charge on any atom is -0.508 e. The van der Waals surface area contributed by atoms with Gasteiger partial charge in [-0.25, -0.2) is 4.79 Å². The van der Waals surface area contributed by atoms with Crippen LogP contribution in [-0.4, -0.2) is 16.3 Å². The molecule has 0 aliphatic rings. The number of hydrogen-bond acceptors (Lipinski definition) is 2. The second-order valence-electron chi connectivity index (χ2n) is 2.73. The molecule has 0 unspecified atom stereocenters. The molecule has 0 heterocycles. The molecule has 0 aliphatic carbocycles. The zero-order chi connectivity index (χ0) is 9.84. The van der Waals surface area contributed by atoms with Crippen molar-refractivity contribution in [2.75, 3.05) is 0 Å². The number of para-hydroxylation sites is 1. The van der Waals surface area contributed by atoms with Crippen molar-refractivity contribution < 1.29 is 15.0 Å². The van der Waals surface area contributed by atoms with Crippen LogP contribution in [0.3, 0.4) is 0 Å². The summed E-state index contributed by atoms with van der Waals surface area (Å²) in [5, 5.41) is 20.1. The molecule has 0 bridgehead atoms. The maximum atomic E-state index is 10.3. The third-order valence-corrected chi connectivity index (χ3v) is 1.74. The third kappa shape index (κ3) is 2.37. The molecule has 0 radical (unpaired) electrons. The Morgan fingerprint density at radius 2 is 2.08 bits per heavy atom. The van der Waals surface area contributed by atoms with E-state index < -0.39 is 12.1 Å². The van der Waals surface area contributed by atoms with Crippen molar-refractivity contribution >= 4 is 6.09 Å². The average molecular weight is 181 g/mol. The van der Waals surface area contributed by atoms with Crippen molar-refractivity contribution in [1.82, 2.24) is 5.32 Å². The van der Waals surface area contributed by atoms with E-state index in [4.69, 9.17) is 5.11 Å². The van der Waals surface area contributed by atoms with E-state index in [2.05, 4.69) is 5.32 Å². The van der Waals surface area contributed by atoms with Crippen LogP contribution in [0.15, 0.2) is 24.3 Å². The van der Waals surface area contributed by atoms with Crippen LogP contribution in [0.2, 0.25) is 0 Å². The van der Waals surface area contributed by atoms with Gasteiger partial charge in [-0.1, -0.05) is 18.2 Å². The van der Waals surface area contributed by atoms with E-state index in [1.165, 1.54) is 6.07 Å². The van der Waals surface area contributed by atoms with Crippen molar-refractivity contribution in [3.63, 3.8) is 0 Å². The highest BCUT2D eigenvalue weighted by Gasteiger charge is 2.10. The monoisotopic (exact) mass is 181 g/mol. The fourth-order valence-corrected chi connectivity index (χ4v) is 1.12. The number of phenols is 1. The highest BCUT2D eigenvalue weighted by Crippen LogP contribution is 2.22. The quantitative estimate of drug-likeness (QED) is 0.650. The molecule has 0 spiro atoms. The molecular weight excluding hydrogens is 170 g/mol. The maximum absolute atomic E-state index is 10.3. The summed E-state index contributed by atoms with van der Waals surface area (Å²) in [6.07, 6.45) is -1.10. The van der Waals surface area contributed by atoms with Gasteiger partial charge in [0.05, 0.1) is 6.04 Å². The van der Waals surface area contributed by atoms with Gasteiger partial charge in [-0.05, 0) is 13.0 Å². The average Bonchev–Trinajstić information content (AvgIpc) is 2.03. The molecule has 0 aliphatic heterocycles. The summed E-state index contributed by atoms with van der Waals surface area (Å²) in [6.45, 7) is 1.67. The first kappa shape index (κ1) is 9.38. The Balaban J connectivity index is 2.82. The summed E-state index contributed by atoms with van der Waals surface area (Å²) in [7, 11) is 0. The lowest BCUT2D eigenvalue weighted by molar-refractivity contribution is 0.190. The molecule has 13 heavy (non-hydrogen) atoms. The normalized spacial score (nSPS) is 12.1. The summed E-state index contributed by atoms with van der Waals surface area (Å²) in [6, 6.07) is 6.23. The lowest BCUT2D eigenvalue weighted by Crippen LogP contribution is -2.24. The van der Waals surface area contributed by atoms with Crippen LogP contribution >= 0.6 is 0 Å². The number of carbonyl (C=O) groups is 1. The predicted octanol–water partition coefficient (Wildman–Crippen LogP) is 1.72. The first-order valence-corrected chi connectivity index (χ1v) is 3.88. The minimum absolute atomic E-state index is 0.101. The Labute approximate surface area is 75.8 Å². The number of benzene rings is 1. The molecule has 4 nitrogen and oxygen atoms in total. The van der Waals surface area contributed by atoms with Gasteiger partial charge in [-0.3, -0.25) is 0 Å². The van der Waals surface area contributed by atoms with Crippen molar-refractivity contribution in [3.8, 4) is 5.75 Å². The van der Waals surface area contributed by atoms with Crippen molar-refractivity contribution in [1.29, 1.82) is 0 Å². The highest BCUT2D eigenvalue weighted by molar-refractivity contribution is 5.65. The zero-order valence-electron chi connectivity index (χ0n) is 7.19. The molecule has 1 rings (SSSR count). The molecular formula is C9H11NO3. The molecule has 1 aromatic carbocycles. The number of nitrogens with one attached hydrogen (secondary N) is 1. The Bertz CT molecular complexity index is 311. The second kappa shape index (κ2) is 3.80. The topological polar surface area (TPSA) is 69.6 Å². The van der Waals surface area contributed by atoms with Crippen LogP contribution in [0.5, 0.6) is 5.75 Å². The summed E-state index contributed by atoms with van der Waals surface area (Å²) >= 11 is 0. The van der Waals surface area contributed by atoms with Crippen molar-refractivity contribution in [2.24, 2.45) is 0 Å². The van der Waals surface area contributed by atoms with Gasteiger partial charge in [-0.15, -0.1) is 0 Å². The molecule has 4 heteroatoms. The van der Waals surface area contributed by atoms with Gasteiger partial charge >= 0.3 is 6.09 Å². The first-order chi connectivity index (χ1) is 6.11. The van der Waals surface area contributed by atoms with Gasteiger partial charge in [0, 0.05) is 5.56 Å². The maximum Gasteiger partial charge on any atom is 0.405 e. The number of amides is 1. The number of aromatic hydroxyl groups is 1. The molecule has 0 fully saturated rings. The van der Waals surface area contributed by atoms with Crippen molar-refractivity contribution in [3.05, 3.63) is 29.8 Å². The van der Waals surface area contributed by atoms with Crippen LogP contribution in [0, 0.1) is 0 Å². The molecule has 0 saturated carbocycles. The van der Waals surface area contributed by atoms with Gasteiger partial charge in [-0.2, -0.15) is 0 Å². The summed E-state index contributed by atoms with van der Waals surface area (Å²) in [4.78, 5) is 10.3. The minimum atomic E-state index is -1.10. The van der Waals surface area contributed by atoms with E-state index in [-0.39, 0.29) is 5.75 Å². The van der Waals surface area contributed by atoms with Gasteiger partial charge in [0.25, 0.3) is 0 Å². The Morgan fingerprint density at radius 3 is 2.62 bits per heavy atom. The second-order valence-corrected chi connectivity index (χ2v) is 2.73. The smallest absolute Gasteiger partial charge is 0.405 e. The molecule has 1 amide bonds. The largest absolute Gasteiger partial charge is 0.508 e. The van der Waals surface area contributed by atoms with Gasteiger partial charge in [0.2, 0.25) is 0 Å². The Hall–Kier alpha value is -1.71. The third-order valence-electron chi connectivity index (χ3n) is 1.74. The Kier molecular flexibility index (Phi) is 2.74. The standard InChI is InChI=1S/C9H11NO3/c1-6(10-9(12)13)7-4-2-3-5-8(7)11/h2-6,10-11H,1H3,(H,12,13)/t6-/m1/s1. The molecule has 70 valence electrons. The summed E-state index contributed by atoms with van der Waals surface area (Å²) < 4.78 is 0. The zero-order valence-corrected chi connectivity index (χ0v) is 7.19. The van der Waals surface area contributed by atoms with Crippen LogP contribution in [-0.2, 0) is 0 Å². The molecule has 1 aromatic rings. The van der Waals surface area contributed by atoms with Gasteiger partial charge in [0.15, 0.2) is 0 Å². The van der Waals surface area contributed by atoms with Crippen LogP contribution in [0.25, 0.3) is 0 Å². The first-order valence-electron chi connectivity index (χ1n) is 3.88. The molecule has 1 atom stereocenters. The summed E-state index contributed by atoms with van der Waals surface area (Å²) in [5.41, 5.74) is 0.574. The lowest BCUT2D eigenvalue weighted by atomic mass is 10.1. The van der Waals surface area contributed by atoms with Crippen molar-refractivity contribution in [2.45, 2.75) is 13.0 Å². The molecule has 0 aromatic heterocycles. The van der Waals surface area contributed by atoms with Gasteiger partial charge in [0.1, 0.15) is 5.75 Å². The van der Waals surface area contributed by atoms with E-state index in [1.54, 1.807) is 25.1 Å². The van der Waals surface area contributed by atoms with Crippen LogP contribution in [0.4, 0.5) is 4.79 Å². The van der Waals surface area contributed by atoms with Crippen LogP contribution < -0.4 is 5.32 Å².